The van der Waals surface area contributed by atoms with Gasteiger partial charge in [0.15, 0.2) is 5.78 Å². The minimum Gasteiger partial charge on any atom is -0.496 e. The summed E-state index contributed by atoms with van der Waals surface area (Å²) in [7, 11) is 3.72. The van der Waals surface area contributed by atoms with Crippen LogP contribution in [0.3, 0.4) is 0 Å². The van der Waals surface area contributed by atoms with E-state index in [1.165, 1.54) is 0 Å². The van der Waals surface area contributed by atoms with E-state index < -0.39 is 0 Å². The number of nitrogens with zero attached hydrogens (tertiary/aromatic N) is 2. The minimum atomic E-state index is 0.000998. The summed E-state index contributed by atoms with van der Waals surface area (Å²) in [5.74, 6) is 0.640. The molecule has 1 aromatic rings. The van der Waals surface area contributed by atoms with Gasteiger partial charge in [-0.15, -0.1) is 0 Å². The van der Waals surface area contributed by atoms with Crippen molar-refractivity contribution in [2.45, 2.75) is 13.3 Å². The molecule has 0 saturated carbocycles. The van der Waals surface area contributed by atoms with Crippen molar-refractivity contribution in [2.24, 2.45) is 0 Å². The number of hydrogen-bond acceptors (Lipinski definition) is 4. The molecule has 114 valence electrons. The number of aryl methyl sites for hydroxylation is 1. The van der Waals surface area contributed by atoms with Gasteiger partial charge in [0.05, 0.1) is 12.7 Å². The van der Waals surface area contributed by atoms with Crippen LogP contribution >= 0.6 is 0 Å². The summed E-state index contributed by atoms with van der Waals surface area (Å²) in [5.41, 5.74) is 1.79. The van der Waals surface area contributed by atoms with E-state index in [-0.39, 0.29) is 5.78 Å². The van der Waals surface area contributed by atoms with Gasteiger partial charge in [-0.05, 0) is 31.2 Å². The van der Waals surface area contributed by atoms with Gasteiger partial charge in [0.25, 0.3) is 0 Å². The van der Waals surface area contributed by atoms with Crippen molar-refractivity contribution in [3.05, 3.63) is 41.6 Å². The highest BCUT2D eigenvalue weighted by Crippen LogP contribution is 2.21. The maximum atomic E-state index is 12.4. The van der Waals surface area contributed by atoms with Crippen molar-refractivity contribution in [1.29, 1.82) is 0 Å². The Labute approximate surface area is 127 Å². The zero-order valence-corrected chi connectivity index (χ0v) is 13.1. The molecule has 0 spiro atoms. The van der Waals surface area contributed by atoms with Crippen LogP contribution in [0.15, 0.2) is 30.5 Å². The highest BCUT2D eigenvalue weighted by Gasteiger charge is 2.13. The van der Waals surface area contributed by atoms with Gasteiger partial charge in [-0.25, -0.2) is 0 Å². The van der Waals surface area contributed by atoms with Crippen molar-refractivity contribution in [3.8, 4) is 5.75 Å². The van der Waals surface area contributed by atoms with Crippen LogP contribution < -0.4 is 4.74 Å². The fourth-order valence-electron chi connectivity index (χ4n) is 2.40. The first-order valence-corrected chi connectivity index (χ1v) is 7.46. The van der Waals surface area contributed by atoms with Crippen LogP contribution in [-0.4, -0.2) is 55.9 Å². The lowest BCUT2D eigenvalue weighted by molar-refractivity contribution is 0.104. The van der Waals surface area contributed by atoms with E-state index in [0.29, 0.717) is 11.3 Å². The molecule has 1 heterocycles. The number of ketones is 1. The Balaban J connectivity index is 2.08. The Morgan fingerprint density at radius 1 is 1.29 bits per heavy atom. The SMILES string of the molecule is CCc1ccc(OC)c(C(=O)C=CN2CCN(C)CC2)c1. The summed E-state index contributed by atoms with van der Waals surface area (Å²) in [6.45, 7) is 6.08. The van der Waals surface area contributed by atoms with E-state index in [0.717, 1.165) is 38.2 Å². The van der Waals surface area contributed by atoms with Crippen molar-refractivity contribution < 1.29 is 9.53 Å². The Morgan fingerprint density at radius 2 is 2.00 bits per heavy atom. The van der Waals surface area contributed by atoms with Gasteiger partial charge in [0.2, 0.25) is 0 Å². The second-order valence-corrected chi connectivity index (χ2v) is 5.41. The molecule has 2 rings (SSSR count). The lowest BCUT2D eigenvalue weighted by Crippen LogP contribution is -2.41. The molecule has 1 aliphatic rings. The van der Waals surface area contributed by atoms with Gasteiger partial charge in [-0.3, -0.25) is 4.79 Å². The van der Waals surface area contributed by atoms with E-state index >= 15 is 0 Å². The second-order valence-electron chi connectivity index (χ2n) is 5.41. The van der Waals surface area contributed by atoms with Crippen molar-refractivity contribution >= 4 is 5.78 Å². The van der Waals surface area contributed by atoms with Gasteiger partial charge < -0.3 is 14.5 Å². The standard InChI is InChI=1S/C17H24N2O2/c1-4-14-5-6-17(21-3)15(13-14)16(20)7-8-19-11-9-18(2)10-12-19/h5-8,13H,4,9-12H2,1-3H3. The molecule has 21 heavy (non-hydrogen) atoms. The average Bonchev–Trinajstić information content (AvgIpc) is 2.53. The molecular weight excluding hydrogens is 264 g/mol. The first-order valence-electron chi connectivity index (χ1n) is 7.46. The normalized spacial score (nSPS) is 16.4. The average molecular weight is 288 g/mol. The maximum absolute atomic E-state index is 12.4. The van der Waals surface area contributed by atoms with E-state index in [1.807, 2.05) is 24.4 Å². The van der Waals surface area contributed by atoms with E-state index in [4.69, 9.17) is 4.74 Å². The zero-order chi connectivity index (χ0) is 15.2. The van der Waals surface area contributed by atoms with Crippen LogP contribution in [-0.2, 0) is 6.42 Å². The van der Waals surface area contributed by atoms with Gasteiger partial charge >= 0.3 is 0 Å². The Bertz CT molecular complexity index is 518. The van der Waals surface area contributed by atoms with E-state index in [2.05, 4.69) is 23.8 Å². The second kappa shape index (κ2) is 7.27. The third-order valence-corrected chi connectivity index (χ3v) is 3.91. The van der Waals surface area contributed by atoms with Gasteiger partial charge in [0.1, 0.15) is 5.75 Å². The summed E-state index contributed by atoms with van der Waals surface area (Å²) in [6, 6.07) is 5.80. The molecule has 0 unspecified atom stereocenters. The highest BCUT2D eigenvalue weighted by molar-refractivity contribution is 6.06. The molecule has 1 fully saturated rings. The number of rotatable bonds is 5. The summed E-state index contributed by atoms with van der Waals surface area (Å²) in [4.78, 5) is 16.9. The Hall–Kier alpha value is -1.81. The molecule has 0 N–H and O–H groups in total. The zero-order valence-electron chi connectivity index (χ0n) is 13.1. The fourth-order valence-corrected chi connectivity index (χ4v) is 2.40. The number of allylic oxidation sites excluding steroid dienone is 1. The molecule has 1 aromatic carbocycles. The van der Waals surface area contributed by atoms with Gasteiger partial charge in [0, 0.05) is 38.5 Å². The summed E-state index contributed by atoms with van der Waals surface area (Å²) in [6.07, 6.45) is 4.47. The first-order chi connectivity index (χ1) is 10.1. The smallest absolute Gasteiger partial charge is 0.191 e. The van der Waals surface area contributed by atoms with Crippen LogP contribution in [0, 0.1) is 0 Å². The van der Waals surface area contributed by atoms with Crippen molar-refractivity contribution in [2.75, 3.05) is 40.3 Å². The number of ether oxygens (including phenoxy) is 1. The van der Waals surface area contributed by atoms with Crippen molar-refractivity contribution in [3.63, 3.8) is 0 Å². The topological polar surface area (TPSA) is 32.8 Å². The maximum Gasteiger partial charge on any atom is 0.191 e. The lowest BCUT2D eigenvalue weighted by Gasteiger charge is -2.31. The predicted molar refractivity (Wildman–Crippen MR) is 84.9 cm³/mol. The van der Waals surface area contributed by atoms with Gasteiger partial charge in [-0.1, -0.05) is 13.0 Å². The predicted octanol–water partition coefficient (Wildman–Crippen LogP) is 2.20. The van der Waals surface area contributed by atoms with Crippen LogP contribution in [0.4, 0.5) is 0 Å². The fraction of sp³-hybridized carbons (Fsp3) is 0.471. The number of likely N-dealkylation sites (N-methyl/N-ethyl adjacent to an activating group) is 1. The molecule has 0 aliphatic carbocycles. The molecule has 0 amide bonds. The summed E-state index contributed by atoms with van der Waals surface area (Å²) >= 11 is 0. The molecule has 1 aliphatic heterocycles. The third kappa shape index (κ3) is 4.08. The molecule has 1 saturated heterocycles. The monoisotopic (exact) mass is 288 g/mol. The summed E-state index contributed by atoms with van der Waals surface area (Å²) < 4.78 is 5.30. The molecule has 0 atom stereocenters. The lowest BCUT2D eigenvalue weighted by atomic mass is 10.0. The molecule has 4 nitrogen and oxygen atoms in total. The number of benzene rings is 1. The molecule has 0 aromatic heterocycles. The van der Waals surface area contributed by atoms with Gasteiger partial charge in [-0.2, -0.15) is 0 Å². The number of hydrogen-bond donors (Lipinski definition) is 0. The van der Waals surface area contributed by atoms with E-state index in [9.17, 15) is 4.79 Å². The van der Waals surface area contributed by atoms with Crippen LogP contribution in [0.25, 0.3) is 0 Å². The number of carbonyl (C=O) groups is 1. The van der Waals surface area contributed by atoms with Crippen LogP contribution in [0.1, 0.15) is 22.8 Å². The minimum absolute atomic E-state index is 0.000998. The quantitative estimate of drug-likeness (QED) is 0.614. The van der Waals surface area contributed by atoms with Crippen molar-refractivity contribution in [1.82, 2.24) is 9.80 Å². The molecule has 0 bridgehead atoms. The van der Waals surface area contributed by atoms with Crippen LogP contribution in [0.2, 0.25) is 0 Å². The molecule has 4 heteroatoms. The van der Waals surface area contributed by atoms with Crippen LogP contribution in [0.5, 0.6) is 5.75 Å². The van der Waals surface area contributed by atoms with E-state index in [1.54, 1.807) is 13.2 Å². The third-order valence-electron chi connectivity index (χ3n) is 3.91. The largest absolute Gasteiger partial charge is 0.496 e. The highest BCUT2D eigenvalue weighted by atomic mass is 16.5. The first kappa shape index (κ1) is 15.6. The summed E-state index contributed by atoms with van der Waals surface area (Å²) in [5, 5.41) is 0. The Kier molecular flexibility index (Phi) is 5.39. The number of methoxy groups -OCH3 is 1. The molecule has 0 radical (unpaired) electrons. The number of piperazine rings is 1. The Morgan fingerprint density at radius 3 is 2.62 bits per heavy atom. The number of carbonyl (C=O) groups excluding carboxylic acids is 1. The molecular formula is C17H24N2O2.